The zero-order valence-corrected chi connectivity index (χ0v) is 10.1. The SMILES string of the molecule is Clc1cccc(C2NCCc3ncccc32)c1. The quantitative estimate of drug-likeness (QED) is 0.834. The van der Waals surface area contributed by atoms with Crippen molar-refractivity contribution in [3.05, 3.63) is 64.4 Å². The van der Waals surface area contributed by atoms with Crippen molar-refractivity contribution in [3.8, 4) is 0 Å². The highest BCUT2D eigenvalue weighted by Gasteiger charge is 2.21. The molecule has 1 aliphatic rings. The molecule has 1 atom stereocenters. The number of nitrogens with one attached hydrogen (secondary N) is 1. The Morgan fingerprint density at radius 1 is 1.24 bits per heavy atom. The fourth-order valence-corrected chi connectivity index (χ4v) is 2.55. The molecule has 1 N–H and O–H groups in total. The third-order valence-corrected chi connectivity index (χ3v) is 3.36. The number of nitrogens with zero attached hydrogens (tertiary/aromatic N) is 1. The zero-order valence-electron chi connectivity index (χ0n) is 9.36. The standard InChI is InChI=1S/C14H13ClN2/c15-11-4-1-3-10(9-11)14-12-5-2-7-16-13(12)6-8-17-14/h1-5,7,9,14,17H,6,8H2. The van der Waals surface area contributed by atoms with Gasteiger partial charge in [-0.2, -0.15) is 0 Å². The predicted octanol–water partition coefficient (Wildman–Crippen LogP) is 2.97. The lowest BCUT2D eigenvalue weighted by atomic mass is 9.93. The van der Waals surface area contributed by atoms with Crippen molar-refractivity contribution >= 4 is 11.6 Å². The molecule has 86 valence electrons. The van der Waals surface area contributed by atoms with E-state index in [2.05, 4.69) is 22.4 Å². The third kappa shape index (κ3) is 2.06. The molecule has 17 heavy (non-hydrogen) atoms. The van der Waals surface area contributed by atoms with Gasteiger partial charge in [0.25, 0.3) is 0 Å². The average Bonchev–Trinajstić information content (AvgIpc) is 2.38. The summed E-state index contributed by atoms with van der Waals surface area (Å²) >= 11 is 6.05. The van der Waals surface area contributed by atoms with Gasteiger partial charge in [-0.1, -0.05) is 29.8 Å². The molecule has 0 spiro atoms. The van der Waals surface area contributed by atoms with Crippen LogP contribution in [-0.4, -0.2) is 11.5 Å². The summed E-state index contributed by atoms with van der Waals surface area (Å²) in [6.07, 6.45) is 2.85. The van der Waals surface area contributed by atoms with E-state index >= 15 is 0 Å². The molecule has 1 aromatic heterocycles. The van der Waals surface area contributed by atoms with E-state index in [9.17, 15) is 0 Å². The second-order valence-electron chi connectivity index (χ2n) is 4.23. The number of hydrogen-bond acceptors (Lipinski definition) is 2. The van der Waals surface area contributed by atoms with Crippen molar-refractivity contribution in [3.63, 3.8) is 0 Å². The van der Waals surface area contributed by atoms with Crippen LogP contribution in [0, 0.1) is 0 Å². The molecule has 1 unspecified atom stereocenters. The van der Waals surface area contributed by atoms with E-state index in [1.54, 1.807) is 0 Å². The van der Waals surface area contributed by atoms with Gasteiger partial charge < -0.3 is 5.32 Å². The Bertz CT molecular complexity index is 539. The van der Waals surface area contributed by atoms with Gasteiger partial charge in [0.05, 0.1) is 6.04 Å². The van der Waals surface area contributed by atoms with Crippen molar-refractivity contribution in [1.82, 2.24) is 10.3 Å². The number of halogens is 1. The molecule has 0 saturated heterocycles. The molecular formula is C14H13ClN2. The summed E-state index contributed by atoms with van der Waals surface area (Å²) in [5.74, 6) is 0. The smallest absolute Gasteiger partial charge is 0.0595 e. The van der Waals surface area contributed by atoms with E-state index in [1.807, 2.05) is 30.5 Å². The topological polar surface area (TPSA) is 24.9 Å². The summed E-state index contributed by atoms with van der Waals surface area (Å²) in [5.41, 5.74) is 3.66. The molecule has 1 aliphatic heterocycles. The van der Waals surface area contributed by atoms with Gasteiger partial charge in [-0.15, -0.1) is 0 Å². The minimum Gasteiger partial charge on any atom is -0.306 e. The number of hydrogen-bond donors (Lipinski definition) is 1. The number of aromatic nitrogens is 1. The number of fused-ring (bicyclic) bond motifs is 1. The highest BCUT2D eigenvalue weighted by atomic mass is 35.5. The molecule has 2 aromatic rings. The Labute approximate surface area is 106 Å². The largest absolute Gasteiger partial charge is 0.306 e. The Morgan fingerprint density at radius 2 is 2.18 bits per heavy atom. The summed E-state index contributed by atoms with van der Waals surface area (Å²) in [4.78, 5) is 4.44. The molecule has 1 aromatic carbocycles. The maximum absolute atomic E-state index is 6.05. The van der Waals surface area contributed by atoms with Gasteiger partial charge in [0.15, 0.2) is 0 Å². The molecule has 0 radical (unpaired) electrons. The van der Waals surface area contributed by atoms with Gasteiger partial charge in [0.2, 0.25) is 0 Å². The van der Waals surface area contributed by atoms with Gasteiger partial charge in [0, 0.05) is 29.9 Å². The lowest BCUT2D eigenvalue weighted by molar-refractivity contribution is 0.558. The molecule has 0 bridgehead atoms. The molecule has 3 rings (SSSR count). The average molecular weight is 245 g/mol. The van der Waals surface area contributed by atoms with Gasteiger partial charge in [-0.05, 0) is 29.3 Å². The summed E-state index contributed by atoms with van der Waals surface area (Å²) in [7, 11) is 0. The van der Waals surface area contributed by atoms with E-state index in [1.165, 1.54) is 16.8 Å². The fraction of sp³-hybridized carbons (Fsp3) is 0.214. The summed E-state index contributed by atoms with van der Waals surface area (Å²) < 4.78 is 0. The Kier molecular flexibility index (Phi) is 2.83. The lowest BCUT2D eigenvalue weighted by Crippen LogP contribution is -2.31. The number of rotatable bonds is 1. The first-order valence-electron chi connectivity index (χ1n) is 5.77. The first-order valence-corrected chi connectivity index (χ1v) is 6.15. The van der Waals surface area contributed by atoms with E-state index < -0.39 is 0 Å². The lowest BCUT2D eigenvalue weighted by Gasteiger charge is -2.26. The van der Waals surface area contributed by atoms with Crippen LogP contribution in [0.1, 0.15) is 22.9 Å². The van der Waals surface area contributed by atoms with Crippen molar-refractivity contribution in [2.24, 2.45) is 0 Å². The Morgan fingerprint density at radius 3 is 3.06 bits per heavy atom. The minimum atomic E-state index is 0.214. The summed E-state index contributed by atoms with van der Waals surface area (Å²) in [5, 5.41) is 4.30. The first kappa shape index (κ1) is 10.8. The number of benzene rings is 1. The zero-order chi connectivity index (χ0) is 11.7. The second-order valence-corrected chi connectivity index (χ2v) is 4.67. The van der Waals surface area contributed by atoms with E-state index in [-0.39, 0.29) is 6.04 Å². The normalized spacial score (nSPS) is 18.8. The van der Waals surface area contributed by atoms with Gasteiger partial charge in [-0.3, -0.25) is 4.98 Å². The predicted molar refractivity (Wildman–Crippen MR) is 69.2 cm³/mol. The van der Waals surface area contributed by atoms with Gasteiger partial charge >= 0.3 is 0 Å². The molecule has 0 amide bonds. The maximum atomic E-state index is 6.05. The number of pyridine rings is 1. The molecule has 0 fully saturated rings. The van der Waals surface area contributed by atoms with Crippen LogP contribution >= 0.6 is 11.6 Å². The Balaban J connectivity index is 2.06. The van der Waals surface area contributed by atoms with Crippen LogP contribution in [0.3, 0.4) is 0 Å². The van der Waals surface area contributed by atoms with Gasteiger partial charge in [-0.25, -0.2) is 0 Å². The second kappa shape index (κ2) is 4.47. The first-order chi connectivity index (χ1) is 8.34. The van der Waals surface area contributed by atoms with Crippen molar-refractivity contribution < 1.29 is 0 Å². The van der Waals surface area contributed by atoms with Crippen LogP contribution in [0.15, 0.2) is 42.6 Å². The van der Waals surface area contributed by atoms with E-state index in [0.29, 0.717) is 0 Å². The van der Waals surface area contributed by atoms with E-state index in [0.717, 1.165) is 18.0 Å². The van der Waals surface area contributed by atoms with Crippen molar-refractivity contribution in [1.29, 1.82) is 0 Å². The van der Waals surface area contributed by atoms with Crippen LogP contribution < -0.4 is 5.32 Å². The monoisotopic (exact) mass is 244 g/mol. The highest BCUT2D eigenvalue weighted by Crippen LogP contribution is 2.28. The molecule has 2 nitrogen and oxygen atoms in total. The summed E-state index contributed by atoms with van der Waals surface area (Å²) in [6, 6.07) is 12.4. The maximum Gasteiger partial charge on any atom is 0.0595 e. The van der Waals surface area contributed by atoms with Crippen molar-refractivity contribution in [2.45, 2.75) is 12.5 Å². The minimum absolute atomic E-state index is 0.214. The van der Waals surface area contributed by atoms with Crippen LogP contribution in [0.5, 0.6) is 0 Å². The fourth-order valence-electron chi connectivity index (χ4n) is 2.35. The van der Waals surface area contributed by atoms with Crippen LogP contribution in [0.2, 0.25) is 5.02 Å². The molecular weight excluding hydrogens is 232 g/mol. The van der Waals surface area contributed by atoms with Crippen molar-refractivity contribution in [2.75, 3.05) is 6.54 Å². The molecule has 0 saturated carbocycles. The third-order valence-electron chi connectivity index (χ3n) is 3.13. The van der Waals surface area contributed by atoms with Crippen LogP contribution in [0.4, 0.5) is 0 Å². The van der Waals surface area contributed by atoms with Crippen LogP contribution in [-0.2, 0) is 6.42 Å². The summed E-state index contributed by atoms with van der Waals surface area (Å²) in [6.45, 7) is 0.960. The molecule has 2 heterocycles. The highest BCUT2D eigenvalue weighted by molar-refractivity contribution is 6.30. The molecule has 0 aliphatic carbocycles. The molecule has 3 heteroatoms. The van der Waals surface area contributed by atoms with Crippen LogP contribution in [0.25, 0.3) is 0 Å². The van der Waals surface area contributed by atoms with E-state index in [4.69, 9.17) is 11.6 Å². The Hall–Kier alpha value is -1.38. The van der Waals surface area contributed by atoms with Gasteiger partial charge in [0.1, 0.15) is 0 Å².